The maximum absolute atomic E-state index is 5.60. The third-order valence-electron chi connectivity index (χ3n) is 3.20. The van der Waals surface area contributed by atoms with E-state index in [0.717, 1.165) is 25.8 Å². The van der Waals surface area contributed by atoms with Gasteiger partial charge in [-0.2, -0.15) is 0 Å². The predicted octanol–water partition coefficient (Wildman–Crippen LogP) is 2.43. The first kappa shape index (κ1) is 14.9. The lowest BCUT2D eigenvalue weighted by Gasteiger charge is -2.40. The second kappa shape index (κ2) is 7.20. The van der Waals surface area contributed by atoms with Crippen LogP contribution < -0.4 is 5.43 Å². The van der Waals surface area contributed by atoms with E-state index in [0.29, 0.717) is 0 Å². The van der Waals surface area contributed by atoms with E-state index in [4.69, 9.17) is 4.74 Å². The molecule has 0 fully saturated rings. The van der Waals surface area contributed by atoms with E-state index >= 15 is 0 Å². The average molecular weight is 216 g/mol. The van der Waals surface area contributed by atoms with Crippen LogP contribution in [0.1, 0.15) is 47.0 Å². The number of nitrogens with zero attached hydrogens (tertiary/aromatic N) is 1. The molecule has 0 rings (SSSR count). The number of hydrogen-bond acceptors (Lipinski definition) is 3. The molecular formula is C12H28N2O. The van der Waals surface area contributed by atoms with E-state index in [1.807, 2.05) is 7.11 Å². The van der Waals surface area contributed by atoms with Crippen LogP contribution in [0.4, 0.5) is 0 Å². The zero-order valence-electron chi connectivity index (χ0n) is 11.3. The lowest BCUT2D eigenvalue weighted by atomic mass is 9.89. The molecule has 0 aliphatic rings. The predicted molar refractivity (Wildman–Crippen MR) is 65.8 cm³/mol. The smallest absolute Gasteiger partial charge is 0.0763 e. The first-order valence-corrected chi connectivity index (χ1v) is 6.05. The molecule has 0 amide bonds. The summed E-state index contributed by atoms with van der Waals surface area (Å²) in [7, 11) is 3.88. The Bertz CT molecular complexity index is 164. The second-order valence-corrected chi connectivity index (χ2v) is 4.41. The van der Waals surface area contributed by atoms with Crippen LogP contribution >= 0.6 is 0 Å². The van der Waals surface area contributed by atoms with Crippen molar-refractivity contribution in [2.24, 2.45) is 0 Å². The van der Waals surface area contributed by atoms with E-state index in [1.165, 1.54) is 0 Å². The number of hydrogen-bond donors (Lipinski definition) is 1. The van der Waals surface area contributed by atoms with Gasteiger partial charge in [0.15, 0.2) is 0 Å². The first-order valence-electron chi connectivity index (χ1n) is 6.05. The molecule has 0 aromatic rings. The summed E-state index contributed by atoms with van der Waals surface area (Å²) in [6.07, 6.45) is 3.61. The van der Waals surface area contributed by atoms with Gasteiger partial charge >= 0.3 is 0 Å². The van der Waals surface area contributed by atoms with Crippen molar-refractivity contribution in [1.29, 1.82) is 0 Å². The standard InChI is InChI=1S/C12H28N2O/c1-7-10-11(15-6)12(4,8-2)13-14(5)9-3/h11,13H,7-10H2,1-6H3/t11-,12?/m1/s1. The second-order valence-electron chi connectivity index (χ2n) is 4.41. The summed E-state index contributed by atoms with van der Waals surface area (Å²) < 4.78 is 5.60. The highest BCUT2D eigenvalue weighted by Crippen LogP contribution is 2.21. The van der Waals surface area contributed by atoms with Gasteiger partial charge in [-0.05, 0) is 19.8 Å². The van der Waals surface area contributed by atoms with Gasteiger partial charge in [-0.25, -0.2) is 10.4 Å². The molecule has 0 radical (unpaired) electrons. The van der Waals surface area contributed by atoms with Crippen molar-refractivity contribution >= 4 is 0 Å². The summed E-state index contributed by atoms with van der Waals surface area (Å²) in [6.45, 7) is 9.79. The lowest BCUT2D eigenvalue weighted by Crippen LogP contribution is -2.58. The minimum absolute atomic E-state index is 0.0372. The Morgan fingerprint density at radius 3 is 2.27 bits per heavy atom. The highest BCUT2D eigenvalue weighted by Gasteiger charge is 2.32. The summed E-state index contributed by atoms with van der Waals surface area (Å²) >= 11 is 0. The Balaban J connectivity index is 4.48. The SMILES string of the molecule is CCC[C@@H](OC)C(C)(CC)NN(C)CC. The fraction of sp³-hybridized carbons (Fsp3) is 1.00. The van der Waals surface area contributed by atoms with E-state index in [9.17, 15) is 0 Å². The number of ether oxygens (including phenoxy) is 1. The van der Waals surface area contributed by atoms with Crippen molar-refractivity contribution in [2.45, 2.75) is 58.6 Å². The fourth-order valence-corrected chi connectivity index (χ4v) is 1.85. The van der Waals surface area contributed by atoms with E-state index < -0.39 is 0 Å². The molecule has 3 heteroatoms. The van der Waals surface area contributed by atoms with E-state index in [-0.39, 0.29) is 11.6 Å². The molecule has 0 heterocycles. The summed E-state index contributed by atoms with van der Waals surface area (Å²) in [5, 5.41) is 2.13. The molecule has 0 bridgehead atoms. The van der Waals surface area contributed by atoms with Gasteiger partial charge in [0.1, 0.15) is 0 Å². The van der Waals surface area contributed by atoms with Crippen LogP contribution in [-0.4, -0.2) is 37.4 Å². The monoisotopic (exact) mass is 216 g/mol. The van der Waals surface area contributed by atoms with Gasteiger partial charge in [0.05, 0.1) is 11.6 Å². The molecule has 0 aromatic carbocycles. The topological polar surface area (TPSA) is 24.5 Å². The number of methoxy groups -OCH3 is 1. The first-order chi connectivity index (χ1) is 7.03. The summed E-state index contributed by atoms with van der Waals surface area (Å²) in [6, 6.07) is 0. The molecule has 0 saturated heterocycles. The Hall–Kier alpha value is -0.120. The van der Waals surface area contributed by atoms with Crippen molar-refractivity contribution in [2.75, 3.05) is 20.7 Å². The largest absolute Gasteiger partial charge is 0.379 e. The van der Waals surface area contributed by atoms with Crippen molar-refractivity contribution in [3.63, 3.8) is 0 Å². The minimum Gasteiger partial charge on any atom is -0.379 e. The van der Waals surface area contributed by atoms with Crippen LogP contribution in [0.5, 0.6) is 0 Å². The van der Waals surface area contributed by atoms with Gasteiger partial charge in [-0.15, -0.1) is 0 Å². The lowest BCUT2D eigenvalue weighted by molar-refractivity contribution is -0.0178. The Morgan fingerprint density at radius 2 is 1.93 bits per heavy atom. The van der Waals surface area contributed by atoms with Gasteiger partial charge in [-0.1, -0.05) is 27.2 Å². The van der Waals surface area contributed by atoms with Crippen LogP contribution in [0.25, 0.3) is 0 Å². The third kappa shape index (κ3) is 4.49. The van der Waals surface area contributed by atoms with Crippen molar-refractivity contribution < 1.29 is 4.74 Å². The maximum Gasteiger partial charge on any atom is 0.0763 e. The van der Waals surface area contributed by atoms with Crippen molar-refractivity contribution in [1.82, 2.24) is 10.4 Å². The Morgan fingerprint density at radius 1 is 1.33 bits per heavy atom. The molecule has 2 atom stereocenters. The zero-order chi connectivity index (χ0) is 11.9. The van der Waals surface area contributed by atoms with Crippen LogP contribution in [0.3, 0.4) is 0 Å². The summed E-state index contributed by atoms with van der Waals surface area (Å²) in [4.78, 5) is 0. The molecule has 1 N–H and O–H groups in total. The van der Waals surface area contributed by atoms with Crippen LogP contribution in [-0.2, 0) is 4.74 Å². The molecule has 0 saturated carbocycles. The average Bonchev–Trinajstić information content (AvgIpc) is 2.25. The van der Waals surface area contributed by atoms with E-state index in [2.05, 4.69) is 45.2 Å². The molecule has 1 unspecified atom stereocenters. The summed E-state index contributed by atoms with van der Waals surface area (Å²) in [5.74, 6) is 0. The van der Waals surface area contributed by atoms with Gasteiger partial charge in [0.2, 0.25) is 0 Å². The van der Waals surface area contributed by atoms with Crippen LogP contribution in [0.2, 0.25) is 0 Å². The molecule has 0 aliphatic heterocycles. The highest BCUT2D eigenvalue weighted by molar-refractivity contribution is 4.89. The normalized spacial score (nSPS) is 17.8. The fourth-order valence-electron chi connectivity index (χ4n) is 1.85. The molecule has 15 heavy (non-hydrogen) atoms. The van der Waals surface area contributed by atoms with E-state index in [1.54, 1.807) is 0 Å². The number of rotatable bonds is 8. The summed E-state index contributed by atoms with van der Waals surface area (Å²) in [5.41, 5.74) is 3.57. The quantitative estimate of drug-likeness (QED) is 0.631. The third-order valence-corrected chi connectivity index (χ3v) is 3.20. The molecule has 3 nitrogen and oxygen atoms in total. The van der Waals surface area contributed by atoms with Crippen molar-refractivity contribution in [3.05, 3.63) is 0 Å². The Kier molecular flexibility index (Phi) is 7.14. The van der Waals surface area contributed by atoms with Crippen LogP contribution in [0.15, 0.2) is 0 Å². The molecule has 92 valence electrons. The Labute approximate surface area is 95.1 Å². The van der Waals surface area contributed by atoms with Gasteiger partial charge in [0.25, 0.3) is 0 Å². The highest BCUT2D eigenvalue weighted by atomic mass is 16.5. The van der Waals surface area contributed by atoms with Gasteiger partial charge in [-0.3, -0.25) is 0 Å². The van der Waals surface area contributed by atoms with Gasteiger partial charge < -0.3 is 4.74 Å². The van der Waals surface area contributed by atoms with Gasteiger partial charge in [0, 0.05) is 20.7 Å². The number of nitrogens with one attached hydrogen (secondary N) is 1. The molecule has 0 aromatic heterocycles. The number of hydrazine groups is 1. The maximum atomic E-state index is 5.60. The van der Waals surface area contributed by atoms with Crippen molar-refractivity contribution in [3.8, 4) is 0 Å². The molecule has 0 aliphatic carbocycles. The van der Waals surface area contributed by atoms with Crippen LogP contribution in [0, 0.1) is 0 Å². The molecule has 0 spiro atoms. The minimum atomic E-state index is 0.0372. The molecular weight excluding hydrogens is 188 g/mol. The zero-order valence-corrected chi connectivity index (χ0v) is 11.3.